The standard InChI is InChI=1S/C11H18O4Si/c1-11(2,3)16(4,5)7-6-8(12)15-10(14)9(7)13/h7H,6H2,1-5H3. The molecule has 1 atom stereocenters. The third-order valence-corrected chi connectivity index (χ3v) is 9.97. The van der Waals surface area contributed by atoms with E-state index in [0.29, 0.717) is 0 Å². The number of hydrogen-bond donors (Lipinski definition) is 0. The molecule has 0 aliphatic carbocycles. The van der Waals surface area contributed by atoms with Crippen LogP contribution in [0.5, 0.6) is 0 Å². The molecule has 0 N–H and O–H groups in total. The van der Waals surface area contributed by atoms with E-state index in [2.05, 4.69) is 25.5 Å². The fourth-order valence-electron chi connectivity index (χ4n) is 1.70. The summed E-state index contributed by atoms with van der Waals surface area (Å²) in [4.78, 5) is 34.2. The molecule has 1 rings (SSSR count). The van der Waals surface area contributed by atoms with Gasteiger partial charge in [-0.15, -0.1) is 0 Å². The smallest absolute Gasteiger partial charge is 0.382 e. The maximum absolute atomic E-state index is 11.8. The number of rotatable bonds is 1. The lowest BCUT2D eigenvalue weighted by atomic mass is 10.1. The van der Waals surface area contributed by atoms with Crippen LogP contribution in [0.1, 0.15) is 27.2 Å². The Kier molecular flexibility index (Phi) is 3.11. The maximum atomic E-state index is 11.8. The van der Waals surface area contributed by atoms with E-state index in [1.165, 1.54) is 0 Å². The maximum Gasteiger partial charge on any atom is 0.382 e. The molecule has 5 heteroatoms. The minimum atomic E-state index is -2.02. The van der Waals surface area contributed by atoms with Crippen molar-refractivity contribution >= 4 is 25.8 Å². The summed E-state index contributed by atoms with van der Waals surface area (Å²) in [5.41, 5.74) is -0.443. The molecular weight excluding hydrogens is 224 g/mol. The average Bonchev–Trinajstić information content (AvgIpc) is 2.09. The van der Waals surface area contributed by atoms with Crippen molar-refractivity contribution in [1.29, 1.82) is 0 Å². The molecule has 1 heterocycles. The van der Waals surface area contributed by atoms with E-state index < -0.39 is 31.3 Å². The molecule has 0 bridgehead atoms. The van der Waals surface area contributed by atoms with Crippen molar-refractivity contribution in [3.8, 4) is 0 Å². The van der Waals surface area contributed by atoms with Crippen molar-refractivity contribution in [2.24, 2.45) is 0 Å². The number of cyclic esters (lactones) is 2. The van der Waals surface area contributed by atoms with Crippen LogP contribution in [0.15, 0.2) is 0 Å². The van der Waals surface area contributed by atoms with Crippen LogP contribution >= 0.6 is 0 Å². The number of esters is 2. The van der Waals surface area contributed by atoms with Crippen LogP contribution in [0, 0.1) is 0 Å². The second-order valence-corrected chi connectivity index (χ2v) is 11.5. The fraction of sp³-hybridized carbons (Fsp3) is 0.727. The van der Waals surface area contributed by atoms with E-state index in [-0.39, 0.29) is 11.5 Å². The zero-order valence-electron chi connectivity index (χ0n) is 10.4. The zero-order valence-corrected chi connectivity index (χ0v) is 11.4. The molecule has 0 radical (unpaired) electrons. The molecule has 0 spiro atoms. The monoisotopic (exact) mass is 242 g/mol. The second-order valence-electron chi connectivity index (χ2n) is 5.85. The lowest BCUT2D eigenvalue weighted by Gasteiger charge is -2.42. The predicted octanol–water partition coefficient (Wildman–Crippen LogP) is 1.91. The first kappa shape index (κ1) is 13.1. The Bertz CT molecular complexity index is 351. The summed E-state index contributed by atoms with van der Waals surface area (Å²) in [7, 11) is -2.02. The van der Waals surface area contributed by atoms with Gasteiger partial charge in [0.05, 0.1) is 14.5 Å². The first-order valence-electron chi connectivity index (χ1n) is 5.36. The SMILES string of the molecule is CC(C)(C)[Si](C)(C)C1CC(=O)OC(=O)C1=O. The lowest BCUT2D eigenvalue weighted by Crippen LogP contribution is -2.50. The van der Waals surface area contributed by atoms with Crippen molar-refractivity contribution in [1.82, 2.24) is 0 Å². The van der Waals surface area contributed by atoms with Crippen molar-refractivity contribution < 1.29 is 19.1 Å². The number of ether oxygens (including phenoxy) is 1. The van der Waals surface area contributed by atoms with Crippen LogP contribution < -0.4 is 0 Å². The summed E-state index contributed by atoms with van der Waals surface area (Å²) in [5, 5.41) is -0.0365. The molecule has 4 nitrogen and oxygen atoms in total. The number of ketones is 1. The van der Waals surface area contributed by atoms with Gasteiger partial charge in [-0.3, -0.25) is 9.59 Å². The summed E-state index contributed by atoms with van der Waals surface area (Å²) >= 11 is 0. The van der Waals surface area contributed by atoms with Crippen LogP contribution in [0.2, 0.25) is 23.7 Å². The summed E-state index contributed by atoms with van der Waals surface area (Å²) < 4.78 is 4.33. The summed E-state index contributed by atoms with van der Waals surface area (Å²) in [6, 6.07) is 0. The molecule has 90 valence electrons. The molecule has 1 fully saturated rings. The molecule has 16 heavy (non-hydrogen) atoms. The van der Waals surface area contributed by atoms with Crippen LogP contribution in [-0.4, -0.2) is 25.8 Å². The van der Waals surface area contributed by atoms with E-state index in [9.17, 15) is 14.4 Å². The summed E-state index contributed by atoms with van der Waals surface area (Å²) in [5.74, 6) is -2.07. The van der Waals surface area contributed by atoms with Crippen LogP contribution in [-0.2, 0) is 19.1 Å². The summed E-state index contributed by atoms with van der Waals surface area (Å²) in [6.07, 6.45) is 0.0566. The minimum Gasteiger partial charge on any atom is -0.387 e. The van der Waals surface area contributed by atoms with Gasteiger partial charge >= 0.3 is 11.9 Å². The predicted molar refractivity (Wildman–Crippen MR) is 61.7 cm³/mol. The highest BCUT2D eigenvalue weighted by Gasteiger charge is 2.51. The highest BCUT2D eigenvalue weighted by Crippen LogP contribution is 2.46. The van der Waals surface area contributed by atoms with Gasteiger partial charge in [0.15, 0.2) is 0 Å². The number of hydrogen-bond acceptors (Lipinski definition) is 4. The molecule has 1 unspecified atom stereocenters. The quantitative estimate of drug-likeness (QED) is 0.305. The first-order chi connectivity index (χ1) is 7.07. The Morgan fingerprint density at radius 2 is 1.69 bits per heavy atom. The van der Waals surface area contributed by atoms with Gasteiger partial charge < -0.3 is 4.74 Å². The minimum absolute atomic E-state index is 0.0365. The molecule has 0 saturated carbocycles. The van der Waals surface area contributed by atoms with Gasteiger partial charge in [-0.25, -0.2) is 4.79 Å². The molecule has 1 aliphatic rings. The highest BCUT2D eigenvalue weighted by molar-refractivity contribution is 6.86. The van der Waals surface area contributed by atoms with Crippen LogP contribution in [0.3, 0.4) is 0 Å². The average molecular weight is 242 g/mol. The Morgan fingerprint density at radius 3 is 2.12 bits per heavy atom. The third-order valence-electron chi connectivity index (χ3n) is 3.90. The highest BCUT2D eigenvalue weighted by atomic mass is 28.3. The van der Waals surface area contributed by atoms with E-state index in [4.69, 9.17) is 0 Å². The van der Waals surface area contributed by atoms with Crippen LogP contribution in [0.4, 0.5) is 0 Å². The van der Waals surface area contributed by atoms with E-state index in [1.807, 2.05) is 13.1 Å². The Balaban J connectivity index is 3.07. The van der Waals surface area contributed by atoms with Gasteiger partial charge in [0.25, 0.3) is 0 Å². The molecule has 0 aromatic carbocycles. The van der Waals surface area contributed by atoms with Crippen molar-refractivity contribution in [3.63, 3.8) is 0 Å². The van der Waals surface area contributed by atoms with E-state index in [1.54, 1.807) is 0 Å². The first-order valence-corrected chi connectivity index (χ1v) is 8.44. The third kappa shape index (κ3) is 2.09. The molecule has 1 aliphatic heterocycles. The zero-order chi connectivity index (χ0) is 12.7. The fourth-order valence-corrected chi connectivity index (χ4v) is 4.20. The van der Waals surface area contributed by atoms with Gasteiger partial charge in [0.1, 0.15) is 0 Å². The topological polar surface area (TPSA) is 60.4 Å². The second kappa shape index (κ2) is 3.80. The number of carbonyl (C=O) groups excluding carboxylic acids is 3. The Morgan fingerprint density at radius 1 is 1.19 bits per heavy atom. The van der Waals surface area contributed by atoms with E-state index >= 15 is 0 Å². The van der Waals surface area contributed by atoms with Gasteiger partial charge in [-0.2, -0.15) is 0 Å². The van der Waals surface area contributed by atoms with Gasteiger partial charge in [0, 0.05) is 5.54 Å². The van der Waals surface area contributed by atoms with Crippen molar-refractivity contribution in [2.75, 3.05) is 0 Å². The van der Waals surface area contributed by atoms with Gasteiger partial charge in [-0.05, 0) is 5.04 Å². The number of Topliss-reactive ketones (excluding diaryl/α,β-unsaturated/α-hetero) is 1. The largest absolute Gasteiger partial charge is 0.387 e. The Labute approximate surface area is 96.4 Å². The molecule has 0 amide bonds. The molecule has 0 aromatic heterocycles. The van der Waals surface area contributed by atoms with Crippen LogP contribution in [0.25, 0.3) is 0 Å². The normalized spacial score (nSPS) is 23.3. The van der Waals surface area contributed by atoms with Gasteiger partial charge in [0.2, 0.25) is 5.78 Å². The lowest BCUT2D eigenvalue weighted by molar-refractivity contribution is -0.168. The summed E-state index contributed by atoms with van der Waals surface area (Å²) in [6.45, 7) is 10.2. The van der Waals surface area contributed by atoms with E-state index in [0.717, 1.165) is 0 Å². The molecule has 0 aromatic rings. The van der Waals surface area contributed by atoms with Crippen molar-refractivity contribution in [3.05, 3.63) is 0 Å². The molecular formula is C11H18O4Si. The Hall–Kier alpha value is -0.973. The molecule has 1 saturated heterocycles. The van der Waals surface area contributed by atoms with Crippen molar-refractivity contribution in [2.45, 2.75) is 50.9 Å². The number of carbonyl (C=O) groups is 3. The van der Waals surface area contributed by atoms with Gasteiger partial charge in [-0.1, -0.05) is 33.9 Å².